The fourth-order valence-electron chi connectivity index (χ4n) is 3.99. The number of thiophene rings is 1. The summed E-state index contributed by atoms with van der Waals surface area (Å²) in [6.45, 7) is 9.44. The van der Waals surface area contributed by atoms with Crippen LogP contribution in [0.5, 0.6) is 11.5 Å². The summed E-state index contributed by atoms with van der Waals surface area (Å²) in [6, 6.07) is 9.15. The molecule has 1 atom stereocenters. The van der Waals surface area contributed by atoms with Gasteiger partial charge in [-0.25, -0.2) is 4.79 Å². The van der Waals surface area contributed by atoms with E-state index in [9.17, 15) is 9.59 Å². The zero-order valence-corrected chi connectivity index (χ0v) is 21.0. The Labute approximate surface area is 200 Å². The van der Waals surface area contributed by atoms with Crippen LogP contribution >= 0.6 is 11.3 Å². The first-order valence-corrected chi connectivity index (χ1v) is 12.3. The summed E-state index contributed by atoms with van der Waals surface area (Å²) in [7, 11) is 1.62. The lowest BCUT2D eigenvalue weighted by atomic mass is 10.0. The van der Waals surface area contributed by atoms with Crippen LogP contribution in [-0.2, 0) is 11.2 Å². The second kappa shape index (κ2) is 11.4. The molecule has 1 aromatic heterocycles. The van der Waals surface area contributed by atoms with Gasteiger partial charge >= 0.3 is 6.03 Å². The highest BCUT2D eigenvalue weighted by Gasteiger charge is 2.33. The van der Waals surface area contributed by atoms with Gasteiger partial charge in [-0.05, 0) is 55.3 Å². The molecule has 2 heterocycles. The number of ether oxygens (including phenoxy) is 2. The molecule has 33 heavy (non-hydrogen) atoms. The summed E-state index contributed by atoms with van der Waals surface area (Å²) in [4.78, 5) is 31.0. The van der Waals surface area contributed by atoms with Crippen LogP contribution in [0.1, 0.15) is 44.2 Å². The minimum atomic E-state index is -0.204. The smallest absolute Gasteiger partial charge is 0.318 e. The standard InChI is InChI=1S/C25H35N3O4S/c1-17(2)14-27(25(30)26-18(3)4)15-24(29)28-11-9-23-21(10-12-33-23)22(28)16-32-20-8-6-7-19(13-20)31-5/h6-8,10,12-13,17-18,22H,9,11,14-16H2,1-5H3,(H,26,30). The number of carbonyl (C=O) groups excluding carboxylic acids is 2. The van der Waals surface area contributed by atoms with Crippen LogP contribution in [0.3, 0.4) is 0 Å². The third-order valence-electron chi connectivity index (χ3n) is 5.48. The van der Waals surface area contributed by atoms with Gasteiger partial charge in [0.2, 0.25) is 5.91 Å². The van der Waals surface area contributed by atoms with Crippen molar-refractivity contribution in [3.05, 3.63) is 46.2 Å². The first-order valence-electron chi connectivity index (χ1n) is 11.5. The van der Waals surface area contributed by atoms with E-state index in [1.165, 1.54) is 4.88 Å². The second-order valence-corrected chi connectivity index (χ2v) is 10.0. The first kappa shape index (κ1) is 24.9. The molecular formula is C25H35N3O4S. The van der Waals surface area contributed by atoms with E-state index in [2.05, 4.69) is 16.8 Å². The summed E-state index contributed by atoms with van der Waals surface area (Å²) >= 11 is 1.72. The topological polar surface area (TPSA) is 71.1 Å². The molecule has 0 saturated carbocycles. The fraction of sp³-hybridized carbons (Fsp3) is 0.520. The van der Waals surface area contributed by atoms with Gasteiger partial charge in [0.25, 0.3) is 0 Å². The highest BCUT2D eigenvalue weighted by molar-refractivity contribution is 7.10. The van der Waals surface area contributed by atoms with Crippen LogP contribution in [0.15, 0.2) is 35.7 Å². The molecule has 2 aromatic rings. The molecule has 1 aromatic carbocycles. The maximum absolute atomic E-state index is 13.5. The maximum Gasteiger partial charge on any atom is 0.318 e. The molecule has 180 valence electrons. The van der Waals surface area contributed by atoms with Crippen molar-refractivity contribution in [2.24, 2.45) is 5.92 Å². The molecular weight excluding hydrogens is 438 g/mol. The van der Waals surface area contributed by atoms with Crippen molar-refractivity contribution in [1.82, 2.24) is 15.1 Å². The van der Waals surface area contributed by atoms with Crippen LogP contribution in [0, 0.1) is 5.92 Å². The zero-order chi connectivity index (χ0) is 24.0. The molecule has 7 nitrogen and oxygen atoms in total. The van der Waals surface area contributed by atoms with E-state index in [4.69, 9.17) is 9.47 Å². The number of amides is 3. The third kappa shape index (κ3) is 6.63. The van der Waals surface area contributed by atoms with E-state index in [1.807, 2.05) is 56.9 Å². The molecule has 0 spiro atoms. The Hall–Kier alpha value is -2.74. The number of methoxy groups -OCH3 is 1. The Bertz CT molecular complexity index is 943. The van der Waals surface area contributed by atoms with Crippen molar-refractivity contribution < 1.29 is 19.1 Å². The minimum Gasteiger partial charge on any atom is -0.497 e. The summed E-state index contributed by atoms with van der Waals surface area (Å²) in [5.41, 5.74) is 1.13. The number of urea groups is 1. The van der Waals surface area contributed by atoms with Gasteiger partial charge in [0.1, 0.15) is 24.7 Å². The minimum absolute atomic E-state index is 0.00891. The van der Waals surface area contributed by atoms with E-state index in [-0.39, 0.29) is 36.5 Å². The summed E-state index contributed by atoms with van der Waals surface area (Å²) in [6.07, 6.45) is 0.816. The molecule has 1 aliphatic heterocycles. The Balaban J connectivity index is 1.76. The molecule has 0 aliphatic carbocycles. The summed E-state index contributed by atoms with van der Waals surface area (Å²) in [5.74, 6) is 1.61. The van der Waals surface area contributed by atoms with Gasteiger partial charge in [-0.1, -0.05) is 19.9 Å². The highest BCUT2D eigenvalue weighted by Crippen LogP contribution is 2.34. The van der Waals surface area contributed by atoms with E-state index in [0.29, 0.717) is 25.4 Å². The number of nitrogens with one attached hydrogen (secondary N) is 1. The second-order valence-electron chi connectivity index (χ2n) is 9.02. The normalized spacial score (nSPS) is 15.4. The molecule has 0 bridgehead atoms. The Morgan fingerprint density at radius 3 is 2.67 bits per heavy atom. The molecule has 0 fully saturated rings. The van der Waals surface area contributed by atoms with Crippen LogP contribution in [0.4, 0.5) is 4.79 Å². The molecule has 3 amide bonds. The van der Waals surface area contributed by atoms with Crippen LogP contribution in [0.25, 0.3) is 0 Å². The van der Waals surface area contributed by atoms with Crippen molar-refractivity contribution in [3.8, 4) is 11.5 Å². The van der Waals surface area contributed by atoms with Crippen LogP contribution < -0.4 is 14.8 Å². The summed E-state index contributed by atoms with van der Waals surface area (Å²) < 4.78 is 11.4. The van der Waals surface area contributed by atoms with Gasteiger partial charge in [0.05, 0.1) is 13.2 Å². The van der Waals surface area contributed by atoms with Gasteiger partial charge in [0.15, 0.2) is 0 Å². The van der Waals surface area contributed by atoms with Gasteiger partial charge in [0, 0.05) is 30.1 Å². The molecule has 1 aliphatic rings. The van der Waals surface area contributed by atoms with Crippen molar-refractivity contribution >= 4 is 23.3 Å². The Morgan fingerprint density at radius 1 is 1.21 bits per heavy atom. The third-order valence-corrected chi connectivity index (χ3v) is 6.47. The lowest BCUT2D eigenvalue weighted by Gasteiger charge is -2.37. The number of carbonyl (C=O) groups is 2. The summed E-state index contributed by atoms with van der Waals surface area (Å²) in [5, 5.41) is 4.99. The lowest BCUT2D eigenvalue weighted by Crippen LogP contribution is -2.51. The van der Waals surface area contributed by atoms with E-state index in [1.54, 1.807) is 23.3 Å². The van der Waals surface area contributed by atoms with Crippen molar-refractivity contribution in [3.63, 3.8) is 0 Å². The van der Waals surface area contributed by atoms with Crippen LogP contribution in [0.2, 0.25) is 0 Å². The quantitative estimate of drug-likeness (QED) is 0.588. The molecule has 3 rings (SSSR count). The SMILES string of the molecule is COc1cccc(OCC2c3ccsc3CCN2C(=O)CN(CC(C)C)C(=O)NC(C)C)c1. The maximum atomic E-state index is 13.5. The number of benzene rings is 1. The van der Waals surface area contributed by atoms with Gasteiger partial charge in [-0.2, -0.15) is 0 Å². The van der Waals surface area contributed by atoms with Crippen molar-refractivity contribution in [2.75, 3.05) is 33.4 Å². The Morgan fingerprint density at radius 2 is 1.97 bits per heavy atom. The highest BCUT2D eigenvalue weighted by atomic mass is 32.1. The monoisotopic (exact) mass is 473 g/mol. The number of hydrogen-bond donors (Lipinski definition) is 1. The molecule has 1 N–H and O–H groups in total. The predicted molar refractivity (Wildman–Crippen MR) is 131 cm³/mol. The Kier molecular flexibility index (Phi) is 8.61. The van der Waals surface area contributed by atoms with Gasteiger partial charge < -0.3 is 24.6 Å². The van der Waals surface area contributed by atoms with Gasteiger partial charge in [-0.3, -0.25) is 4.79 Å². The molecule has 0 saturated heterocycles. The van der Waals surface area contributed by atoms with E-state index >= 15 is 0 Å². The largest absolute Gasteiger partial charge is 0.497 e. The fourth-order valence-corrected chi connectivity index (χ4v) is 4.92. The van der Waals surface area contributed by atoms with Crippen LogP contribution in [-0.4, -0.2) is 61.1 Å². The van der Waals surface area contributed by atoms with E-state index < -0.39 is 0 Å². The molecule has 0 radical (unpaired) electrons. The van der Waals surface area contributed by atoms with Crippen molar-refractivity contribution in [1.29, 1.82) is 0 Å². The number of hydrogen-bond acceptors (Lipinski definition) is 5. The van der Waals surface area contributed by atoms with E-state index in [0.717, 1.165) is 17.7 Å². The van der Waals surface area contributed by atoms with Gasteiger partial charge in [-0.15, -0.1) is 11.3 Å². The number of nitrogens with zero attached hydrogens (tertiary/aromatic N) is 2. The number of rotatable bonds is 9. The average molecular weight is 474 g/mol. The first-order chi connectivity index (χ1) is 15.8. The van der Waals surface area contributed by atoms with Crippen molar-refractivity contribution in [2.45, 2.75) is 46.2 Å². The predicted octanol–water partition coefficient (Wildman–Crippen LogP) is 4.34. The zero-order valence-electron chi connectivity index (χ0n) is 20.2. The number of fused-ring (bicyclic) bond motifs is 1. The average Bonchev–Trinajstić information content (AvgIpc) is 3.25. The molecule has 1 unspecified atom stereocenters. The molecule has 8 heteroatoms. The lowest BCUT2D eigenvalue weighted by molar-refractivity contribution is -0.135.